The van der Waals surface area contributed by atoms with Crippen molar-refractivity contribution in [1.82, 2.24) is 0 Å². The highest BCUT2D eigenvalue weighted by molar-refractivity contribution is 5.40. The van der Waals surface area contributed by atoms with Crippen molar-refractivity contribution in [3.05, 3.63) is 23.8 Å². The first-order chi connectivity index (χ1) is 6.81. The Morgan fingerprint density at radius 3 is 2.79 bits per heavy atom. The molecule has 0 saturated carbocycles. The first-order valence-electron chi connectivity index (χ1n) is 4.37. The van der Waals surface area contributed by atoms with E-state index in [1.807, 2.05) is 6.07 Å². The maximum Gasteiger partial charge on any atom is 0.127 e. The summed E-state index contributed by atoms with van der Waals surface area (Å²) in [6.07, 6.45) is 0. The molecule has 14 heavy (non-hydrogen) atoms. The number of alkyl halides is 1. The van der Waals surface area contributed by atoms with Crippen LogP contribution in [0.3, 0.4) is 0 Å². The van der Waals surface area contributed by atoms with Crippen molar-refractivity contribution < 1.29 is 13.9 Å². The Balaban J connectivity index is 2.79. The van der Waals surface area contributed by atoms with Crippen LogP contribution in [0.1, 0.15) is 5.56 Å². The van der Waals surface area contributed by atoms with Crippen molar-refractivity contribution >= 4 is 0 Å². The molecule has 3 nitrogen and oxygen atoms in total. The van der Waals surface area contributed by atoms with Gasteiger partial charge in [-0.05, 0) is 6.07 Å². The molecule has 0 aliphatic rings. The van der Waals surface area contributed by atoms with Crippen LogP contribution in [0.5, 0.6) is 11.5 Å². The molecule has 0 amide bonds. The molecule has 0 aliphatic heterocycles. The number of rotatable bonds is 5. The van der Waals surface area contributed by atoms with Gasteiger partial charge in [0.2, 0.25) is 0 Å². The van der Waals surface area contributed by atoms with E-state index >= 15 is 0 Å². The molecule has 0 aliphatic carbocycles. The van der Waals surface area contributed by atoms with Gasteiger partial charge < -0.3 is 15.2 Å². The van der Waals surface area contributed by atoms with Crippen molar-refractivity contribution in [2.45, 2.75) is 6.54 Å². The van der Waals surface area contributed by atoms with Gasteiger partial charge in [0.25, 0.3) is 0 Å². The first kappa shape index (κ1) is 10.8. The minimum atomic E-state index is -0.499. The fraction of sp³-hybridized carbons (Fsp3) is 0.400. The molecule has 0 bridgehead atoms. The molecular formula is C10H14FNO2. The van der Waals surface area contributed by atoms with Crippen LogP contribution in [0.2, 0.25) is 0 Å². The average molecular weight is 199 g/mol. The molecule has 0 radical (unpaired) electrons. The highest BCUT2D eigenvalue weighted by Crippen LogP contribution is 2.24. The first-order valence-corrected chi connectivity index (χ1v) is 4.37. The van der Waals surface area contributed by atoms with Crippen molar-refractivity contribution in [2.24, 2.45) is 5.73 Å². The smallest absolute Gasteiger partial charge is 0.127 e. The van der Waals surface area contributed by atoms with Crippen molar-refractivity contribution in [3.8, 4) is 11.5 Å². The van der Waals surface area contributed by atoms with Gasteiger partial charge in [0.1, 0.15) is 24.8 Å². The molecule has 0 unspecified atom stereocenters. The van der Waals surface area contributed by atoms with E-state index in [0.717, 1.165) is 5.56 Å². The summed E-state index contributed by atoms with van der Waals surface area (Å²) in [7, 11) is 1.56. The lowest BCUT2D eigenvalue weighted by molar-refractivity contribution is 0.272. The standard InChI is InChI=1S/C10H14FNO2/c1-13-10-6-9(14-5-4-11)3-2-8(10)7-12/h2-3,6H,4-5,7,12H2,1H3. The van der Waals surface area contributed by atoms with Crippen LogP contribution < -0.4 is 15.2 Å². The minimum absolute atomic E-state index is 0.0606. The van der Waals surface area contributed by atoms with E-state index in [1.165, 1.54) is 0 Å². The highest BCUT2D eigenvalue weighted by atomic mass is 19.1. The van der Waals surface area contributed by atoms with Crippen molar-refractivity contribution in [1.29, 1.82) is 0 Å². The number of ether oxygens (including phenoxy) is 2. The van der Waals surface area contributed by atoms with Gasteiger partial charge in [-0.25, -0.2) is 4.39 Å². The molecule has 2 N–H and O–H groups in total. The Bertz CT molecular complexity index is 291. The van der Waals surface area contributed by atoms with Gasteiger partial charge in [0.15, 0.2) is 0 Å². The van der Waals surface area contributed by atoms with E-state index in [9.17, 15) is 4.39 Å². The van der Waals surface area contributed by atoms with Gasteiger partial charge in [0, 0.05) is 18.2 Å². The van der Waals surface area contributed by atoms with Crippen LogP contribution in [-0.2, 0) is 6.54 Å². The predicted molar refractivity (Wildman–Crippen MR) is 52.4 cm³/mol. The van der Waals surface area contributed by atoms with Gasteiger partial charge >= 0.3 is 0 Å². The van der Waals surface area contributed by atoms with Gasteiger partial charge in [0.05, 0.1) is 7.11 Å². The van der Waals surface area contributed by atoms with Gasteiger partial charge in [-0.1, -0.05) is 6.07 Å². The Hall–Kier alpha value is -1.29. The monoisotopic (exact) mass is 199 g/mol. The van der Waals surface area contributed by atoms with Gasteiger partial charge in [-0.3, -0.25) is 0 Å². The SMILES string of the molecule is COc1cc(OCCF)ccc1CN. The highest BCUT2D eigenvalue weighted by Gasteiger charge is 2.03. The summed E-state index contributed by atoms with van der Waals surface area (Å²) >= 11 is 0. The number of benzene rings is 1. The molecule has 1 aromatic rings. The summed E-state index contributed by atoms with van der Waals surface area (Å²) < 4.78 is 22.0. The van der Waals surface area contributed by atoms with Crippen molar-refractivity contribution in [2.75, 3.05) is 20.4 Å². The third kappa shape index (κ3) is 2.60. The molecule has 0 fully saturated rings. The number of hydrogen-bond donors (Lipinski definition) is 1. The maximum absolute atomic E-state index is 11.8. The van der Waals surface area contributed by atoms with E-state index in [4.69, 9.17) is 15.2 Å². The zero-order chi connectivity index (χ0) is 10.4. The topological polar surface area (TPSA) is 44.5 Å². The lowest BCUT2D eigenvalue weighted by Crippen LogP contribution is -2.02. The third-order valence-electron chi connectivity index (χ3n) is 1.82. The number of halogens is 1. The van der Waals surface area contributed by atoms with Gasteiger partial charge in [-0.15, -0.1) is 0 Å². The minimum Gasteiger partial charge on any atom is -0.496 e. The maximum atomic E-state index is 11.8. The lowest BCUT2D eigenvalue weighted by Gasteiger charge is -2.09. The fourth-order valence-electron chi connectivity index (χ4n) is 1.14. The predicted octanol–water partition coefficient (Wildman–Crippen LogP) is 1.50. The summed E-state index contributed by atoms with van der Waals surface area (Å²) in [5, 5.41) is 0. The van der Waals surface area contributed by atoms with E-state index < -0.39 is 6.67 Å². The molecule has 4 heteroatoms. The van der Waals surface area contributed by atoms with Crippen LogP contribution in [-0.4, -0.2) is 20.4 Å². The molecule has 0 heterocycles. The zero-order valence-electron chi connectivity index (χ0n) is 8.13. The molecule has 0 atom stereocenters. The molecule has 1 aromatic carbocycles. The van der Waals surface area contributed by atoms with Gasteiger partial charge in [-0.2, -0.15) is 0 Å². The summed E-state index contributed by atoms with van der Waals surface area (Å²) in [5.74, 6) is 1.26. The normalized spacial score (nSPS) is 9.93. The van der Waals surface area contributed by atoms with Crippen LogP contribution >= 0.6 is 0 Å². The average Bonchev–Trinajstić information content (AvgIpc) is 2.25. The Morgan fingerprint density at radius 2 is 2.21 bits per heavy atom. The van der Waals surface area contributed by atoms with E-state index in [-0.39, 0.29) is 6.61 Å². The summed E-state index contributed by atoms with van der Waals surface area (Å²) in [6.45, 7) is -0.0291. The second-order valence-electron chi connectivity index (χ2n) is 2.72. The summed E-state index contributed by atoms with van der Waals surface area (Å²) in [6, 6.07) is 5.27. The van der Waals surface area contributed by atoms with E-state index in [1.54, 1.807) is 19.2 Å². The van der Waals surface area contributed by atoms with E-state index in [0.29, 0.717) is 18.0 Å². The number of hydrogen-bond acceptors (Lipinski definition) is 3. The second-order valence-corrected chi connectivity index (χ2v) is 2.72. The Labute approximate surface area is 82.6 Å². The number of methoxy groups -OCH3 is 1. The lowest BCUT2D eigenvalue weighted by atomic mass is 10.2. The van der Waals surface area contributed by atoms with Crippen LogP contribution in [0.25, 0.3) is 0 Å². The van der Waals surface area contributed by atoms with E-state index in [2.05, 4.69) is 0 Å². The molecule has 78 valence electrons. The Morgan fingerprint density at radius 1 is 1.43 bits per heavy atom. The Kier molecular flexibility index (Phi) is 4.19. The molecular weight excluding hydrogens is 185 g/mol. The molecule has 0 aromatic heterocycles. The molecule has 1 rings (SSSR count). The van der Waals surface area contributed by atoms with Crippen LogP contribution in [0, 0.1) is 0 Å². The second kappa shape index (κ2) is 5.44. The third-order valence-corrected chi connectivity index (χ3v) is 1.82. The van der Waals surface area contributed by atoms with Crippen molar-refractivity contribution in [3.63, 3.8) is 0 Å². The fourth-order valence-corrected chi connectivity index (χ4v) is 1.14. The molecule has 0 spiro atoms. The molecule has 0 saturated heterocycles. The number of nitrogens with two attached hydrogens (primary N) is 1. The summed E-state index contributed by atoms with van der Waals surface area (Å²) in [5.41, 5.74) is 6.40. The summed E-state index contributed by atoms with van der Waals surface area (Å²) in [4.78, 5) is 0. The largest absolute Gasteiger partial charge is 0.496 e. The van der Waals surface area contributed by atoms with Crippen LogP contribution in [0.4, 0.5) is 4.39 Å². The quantitative estimate of drug-likeness (QED) is 0.781. The van der Waals surface area contributed by atoms with Crippen LogP contribution in [0.15, 0.2) is 18.2 Å². The zero-order valence-corrected chi connectivity index (χ0v) is 8.13.